The summed E-state index contributed by atoms with van der Waals surface area (Å²) in [6, 6.07) is 10.7. The van der Waals surface area contributed by atoms with E-state index in [4.69, 9.17) is 9.31 Å². The van der Waals surface area contributed by atoms with Crippen LogP contribution in [0.25, 0.3) is 0 Å². The third kappa shape index (κ3) is 3.99. The highest BCUT2D eigenvalue weighted by molar-refractivity contribution is 6.62. The fourth-order valence-corrected chi connectivity index (χ4v) is 2.95. The van der Waals surface area contributed by atoms with E-state index < -0.39 is 18.3 Å². The number of nitrogens with zero attached hydrogens (tertiary/aromatic N) is 1. The van der Waals surface area contributed by atoms with Crippen molar-refractivity contribution in [2.75, 3.05) is 5.32 Å². The quantitative estimate of drug-likeness (QED) is 0.840. The molecule has 0 aliphatic carbocycles. The minimum atomic E-state index is -0.535. The highest BCUT2D eigenvalue weighted by Gasteiger charge is 2.51. The van der Waals surface area contributed by atoms with Crippen LogP contribution in [-0.2, 0) is 20.6 Å². The van der Waals surface area contributed by atoms with Crippen LogP contribution < -0.4 is 16.3 Å². The van der Waals surface area contributed by atoms with E-state index in [1.165, 1.54) is 13.0 Å². The van der Waals surface area contributed by atoms with Crippen LogP contribution in [0.3, 0.4) is 0 Å². The van der Waals surface area contributed by atoms with E-state index in [1.807, 2.05) is 52.0 Å². The zero-order valence-corrected chi connectivity index (χ0v) is 16.4. The summed E-state index contributed by atoms with van der Waals surface area (Å²) >= 11 is 0. The second-order valence-electron chi connectivity index (χ2n) is 7.86. The highest BCUT2D eigenvalue weighted by Crippen LogP contribution is 2.36. The van der Waals surface area contributed by atoms with Gasteiger partial charge in [-0.3, -0.25) is 9.59 Å². The maximum Gasteiger partial charge on any atom is 0.496 e. The van der Waals surface area contributed by atoms with Crippen LogP contribution in [0.15, 0.2) is 47.4 Å². The van der Waals surface area contributed by atoms with E-state index >= 15 is 0 Å². The van der Waals surface area contributed by atoms with Crippen LogP contribution in [0.5, 0.6) is 0 Å². The normalized spacial score (nSPS) is 17.7. The van der Waals surface area contributed by atoms with Gasteiger partial charge in [0.25, 0.3) is 5.56 Å². The third-order valence-corrected chi connectivity index (χ3v) is 5.20. The van der Waals surface area contributed by atoms with Gasteiger partial charge in [-0.15, -0.1) is 0 Å². The molecule has 0 bridgehead atoms. The number of hydrogen-bond donors (Lipinski definition) is 1. The number of pyridine rings is 1. The van der Waals surface area contributed by atoms with E-state index in [-0.39, 0.29) is 11.5 Å². The number of anilines is 1. The van der Waals surface area contributed by atoms with Crippen molar-refractivity contribution in [3.8, 4) is 0 Å². The highest BCUT2D eigenvalue weighted by atomic mass is 16.7. The molecule has 1 aliphatic rings. The van der Waals surface area contributed by atoms with Gasteiger partial charge in [0.2, 0.25) is 5.91 Å². The van der Waals surface area contributed by atoms with Gasteiger partial charge in [0, 0.05) is 24.9 Å². The maximum atomic E-state index is 12.4. The van der Waals surface area contributed by atoms with E-state index in [9.17, 15) is 9.59 Å². The Morgan fingerprint density at radius 1 is 1.07 bits per heavy atom. The van der Waals surface area contributed by atoms with Crippen LogP contribution in [0, 0.1) is 0 Å². The monoisotopic (exact) mass is 368 g/mol. The molecule has 27 heavy (non-hydrogen) atoms. The van der Waals surface area contributed by atoms with Gasteiger partial charge in [-0.2, -0.15) is 0 Å². The van der Waals surface area contributed by atoms with Crippen LogP contribution in [0.1, 0.15) is 40.2 Å². The predicted octanol–water partition coefficient (Wildman–Crippen LogP) is 2.15. The standard InChI is InChI=1S/C20H25BN2O4/c1-14(24)22-17-9-7-6-8-15(17)12-23-13-16(10-11-18(23)25)21-26-19(2,3)20(4,5)27-21/h6-11,13H,12H2,1-5H3,(H,22,24). The zero-order valence-electron chi connectivity index (χ0n) is 16.4. The molecule has 1 N–H and O–H groups in total. The van der Waals surface area contributed by atoms with Crippen molar-refractivity contribution in [1.29, 1.82) is 0 Å². The first-order valence-electron chi connectivity index (χ1n) is 9.00. The predicted molar refractivity (Wildman–Crippen MR) is 106 cm³/mol. The number of carbonyl (C=O) groups excluding carboxylic acids is 1. The summed E-state index contributed by atoms with van der Waals surface area (Å²) in [6.07, 6.45) is 1.76. The lowest BCUT2D eigenvalue weighted by atomic mass is 9.80. The van der Waals surface area contributed by atoms with E-state index in [0.717, 1.165) is 11.0 Å². The number of aromatic nitrogens is 1. The summed E-state index contributed by atoms with van der Waals surface area (Å²) in [6.45, 7) is 9.77. The minimum Gasteiger partial charge on any atom is -0.399 e. The van der Waals surface area contributed by atoms with Crippen molar-refractivity contribution in [3.05, 3.63) is 58.5 Å². The molecule has 1 aliphatic heterocycles. The number of para-hydroxylation sites is 1. The number of benzene rings is 1. The summed E-state index contributed by atoms with van der Waals surface area (Å²) in [5.41, 5.74) is 1.30. The number of rotatable bonds is 4. The number of amides is 1. The van der Waals surface area contributed by atoms with Crippen molar-refractivity contribution in [2.24, 2.45) is 0 Å². The van der Waals surface area contributed by atoms with Crippen molar-refractivity contribution in [3.63, 3.8) is 0 Å². The molecule has 6 nitrogen and oxygen atoms in total. The summed E-state index contributed by atoms with van der Waals surface area (Å²) in [7, 11) is -0.535. The average Bonchev–Trinajstić information content (AvgIpc) is 2.79. The van der Waals surface area contributed by atoms with E-state index in [2.05, 4.69) is 5.32 Å². The Labute approximate surface area is 159 Å². The van der Waals surface area contributed by atoms with Gasteiger partial charge in [0.05, 0.1) is 17.7 Å². The van der Waals surface area contributed by atoms with Gasteiger partial charge in [0.1, 0.15) is 0 Å². The Morgan fingerprint density at radius 2 is 1.70 bits per heavy atom. The second kappa shape index (κ2) is 6.98. The largest absolute Gasteiger partial charge is 0.496 e. The van der Waals surface area contributed by atoms with E-state index in [1.54, 1.807) is 16.8 Å². The Kier molecular flexibility index (Phi) is 5.01. The van der Waals surface area contributed by atoms with Gasteiger partial charge >= 0.3 is 7.12 Å². The van der Waals surface area contributed by atoms with Gasteiger partial charge in [-0.05, 0) is 44.8 Å². The Balaban J connectivity index is 1.90. The number of hydrogen-bond acceptors (Lipinski definition) is 4. The molecule has 0 atom stereocenters. The minimum absolute atomic E-state index is 0.132. The van der Waals surface area contributed by atoms with E-state index in [0.29, 0.717) is 12.2 Å². The molecule has 7 heteroatoms. The Hall–Kier alpha value is -2.38. The molecule has 0 spiro atoms. The van der Waals surface area contributed by atoms with Crippen LogP contribution in [0.2, 0.25) is 0 Å². The molecule has 0 unspecified atom stereocenters. The van der Waals surface area contributed by atoms with Crippen LogP contribution in [-0.4, -0.2) is 28.8 Å². The first-order valence-corrected chi connectivity index (χ1v) is 9.00. The van der Waals surface area contributed by atoms with Crippen molar-refractivity contribution in [2.45, 2.75) is 52.4 Å². The summed E-state index contributed by atoms with van der Waals surface area (Å²) < 4.78 is 13.8. The molecule has 1 saturated heterocycles. The van der Waals surface area contributed by atoms with Crippen molar-refractivity contribution >= 4 is 24.2 Å². The molecule has 2 heterocycles. The molecule has 1 aromatic heterocycles. The molecule has 2 aromatic rings. The van der Waals surface area contributed by atoms with Gasteiger partial charge in [0.15, 0.2) is 0 Å². The van der Waals surface area contributed by atoms with Crippen LogP contribution in [0.4, 0.5) is 5.69 Å². The topological polar surface area (TPSA) is 69.6 Å². The Bertz CT molecular complexity index is 904. The zero-order chi connectivity index (χ0) is 19.8. The van der Waals surface area contributed by atoms with Crippen LogP contribution >= 0.6 is 0 Å². The summed E-state index contributed by atoms with van der Waals surface area (Å²) in [4.78, 5) is 23.8. The van der Waals surface area contributed by atoms with Gasteiger partial charge in [-0.1, -0.05) is 24.3 Å². The molecule has 0 saturated carbocycles. The molecule has 1 amide bonds. The molecule has 0 radical (unpaired) electrons. The maximum absolute atomic E-state index is 12.4. The first-order chi connectivity index (χ1) is 12.6. The van der Waals surface area contributed by atoms with Gasteiger partial charge in [-0.25, -0.2) is 0 Å². The first kappa shape index (κ1) is 19.4. The fraction of sp³-hybridized carbons (Fsp3) is 0.400. The van der Waals surface area contributed by atoms with Crippen molar-refractivity contribution < 1.29 is 14.1 Å². The molecular weight excluding hydrogens is 343 g/mol. The number of nitrogens with one attached hydrogen (secondary N) is 1. The molecule has 1 fully saturated rings. The lowest BCUT2D eigenvalue weighted by Gasteiger charge is -2.32. The SMILES string of the molecule is CC(=O)Nc1ccccc1Cn1cc(B2OC(C)(C)C(C)(C)O2)ccc1=O. The number of carbonyl (C=O) groups is 1. The average molecular weight is 368 g/mol. The molecular formula is C20H25BN2O4. The summed E-state index contributed by atoms with van der Waals surface area (Å²) in [5, 5.41) is 2.80. The Morgan fingerprint density at radius 3 is 2.33 bits per heavy atom. The van der Waals surface area contributed by atoms with Crippen molar-refractivity contribution in [1.82, 2.24) is 4.57 Å². The lowest BCUT2D eigenvalue weighted by Crippen LogP contribution is -2.41. The molecule has 3 rings (SSSR count). The van der Waals surface area contributed by atoms with Gasteiger partial charge < -0.3 is 19.2 Å². The molecule has 1 aromatic carbocycles. The molecule has 142 valence electrons. The second-order valence-corrected chi connectivity index (χ2v) is 7.86. The smallest absolute Gasteiger partial charge is 0.399 e. The fourth-order valence-electron chi connectivity index (χ4n) is 2.95. The lowest BCUT2D eigenvalue weighted by molar-refractivity contribution is -0.114. The third-order valence-electron chi connectivity index (χ3n) is 5.20. The summed E-state index contributed by atoms with van der Waals surface area (Å²) in [5.74, 6) is -0.152.